The number of anilines is 1. The van der Waals surface area contributed by atoms with E-state index in [-0.39, 0.29) is 30.6 Å². The molecule has 2 saturated heterocycles. The van der Waals surface area contributed by atoms with E-state index in [1.807, 2.05) is 176 Å². The summed E-state index contributed by atoms with van der Waals surface area (Å²) in [4.78, 5) is 67.3. The molecule has 2 fully saturated rings. The Bertz CT molecular complexity index is 4930. The Balaban J connectivity index is 0.000000199. The average Bonchev–Trinajstić information content (AvgIpc) is 1.61. The smallest absolute Gasteiger partial charge is 0.481 e. The number of ether oxygens (including phenoxy) is 5. The first-order valence-electron chi connectivity index (χ1n) is 37.5. The second-order valence-corrected chi connectivity index (χ2v) is 27.8. The van der Waals surface area contributed by atoms with Crippen LogP contribution in [0.1, 0.15) is 123 Å². The van der Waals surface area contributed by atoms with Gasteiger partial charge in [0.05, 0.1) is 23.9 Å². The first-order valence-corrected chi connectivity index (χ1v) is 38.6. The molecule has 25 nitrogen and oxygen atoms in total. The number of carboxylic acid groups (broad SMARTS) is 1. The van der Waals surface area contributed by atoms with Crippen molar-refractivity contribution in [1.29, 1.82) is 0 Å². The Hall–Kier alpha value is -11.7. The van der Waals surface area contributed by atoms with Gasteiger partial charge < -0.3 is 62.5 Å². The number of fused-ring (bicyclic) bond motifs is 1. The standard InChI is InChI=1S/C23H23N5O.C17H14ClN3O.C17H13ClN2O2.C13H10O2.C11H19NO4.C4H3ClN2.C4H9.Li.H4N2/c24-22-21-20(16-8-10-19(11-9-16)29-18-6-2-1-3-7-18)27-23(28(21)14-13-26-22)17-5-4-12-25-15-17;18-17-16(20-10-11-21-17)15(19)12-6-8-14(9-7-12)22-13-4-2-1-3-5-13;18-17-15(19-10-11-20-17)16(21)12-6-8-14(9-7-12)22-13-4-2-1-3-5-13;14-10-11-6-8-13(9-7-11)15-12-4-2-1-3-5-12;1-11(2,3)16-10(15)12-6-4-5-8(7-12)9(13)14;5-4-3-6-1-2-7-4;1-3-4-2;;1-2/h1-3,6-11,13-14,17,25H,4-5,12,15H2,(H2,24,26);1-11,15H,19H2;1-11,16,21H;1-10H;8H,4-7H2,1-3H3,(H,13,14);1-3H;1,3-4H2,2H3;;1-2H2/q;;;;;;-1;+1;. The number of hydrazine groups is 1. The largest absolute Gasteiger partial charge is 1.00 e. The molecule has 0 saturated carbocycles. The monoisotopic (exact) mass is 1650 g/mol. The SMILES string of the molecule is CC(C)(C)OC(=O)N1CCCC(C(=O)O)C1.Clc1cnccn1.NC(c1ccc(Oc2ccccc2)cc1)c1nccnc1Cl.NN.Nc1nccn2c(C3CCCNC3)nc(-c3ccc(Oc4ccccc4)cc3)c12.O=Cc1ccc(Oc2ccccc2)cc1.OC(c1ccc(Oc2ccccc2)cc1)c1nccnc1Cl.[CH2-]CCC.[Li+]. The molecule has 15 rings (SSSR count). The molecule has 4 atom stereocenters. The molecule has 29 heteroatoms. The molecule has 0 aliphatic carbocycles. The van der Waals surface area contributed by atoms with E-state index in [4.69, 9.17) is 80.0 Å². The number of likely N-dealkylation sites (tertiary alicyclic amines) is 1. The zero-order chi connectivity index (χ0) is 83.7. The Morgan fingerprint density at radius 2 is 1.05 bits per heavy atom. The van der Waals surface area contributed by atoms with E-state index in [0.29, 0.717) is 63.3 Å². The van der Waals surface area contributed by atoms with E-state index in [2.05, 4.69) is 70.1 Å². The molecule has 0 spiro atoms. The van der Waals surface area contributed by atoms with E-state index in [1.165, 1.54) is 36.1 Å². The van der Waals surface area contributed by atoms with Gasteiger partial charge in [0.15, 0.2) is 10.3 Å². The number of nitrogens with zero attached hydrogens (tertiary/aromatic N) is 10. The van der Waals surface area contributed by atoms with Gasteiger partial charge in [-0.1, -0.05) is 145 Å². The van der Waals surface area contributed by atoms with Gasteiger partial charge in [0.1, 0.15) is 97.7 Å². The molecule has 608 valence electrons. The van der Waals surface area contributed by atoms with Crippen LogP contribution in [0.5, 0.6) is 46.0 Å². The summed E-state index contributed by atoms with van der Waals surface area (Å²) in [6.07, 6.45) is 19.8. The number of hydrogen-bond acceptors (Lipinski definition) is 22. The molecule has 11 N–H and O–H groups in total. The molecule has 1 amide bonds. The topological polar surface area (TPSA) is 365 Å². The molecule has 0 radical (unpaired) electrons. The van der Waals surface area contributed by atoms with Gasteiger partial charge in [-0.3, -0.25) is 40.6 Å². The number of aliphatic carboxylic acids is 1. The Morgan fingerprint density at radius 3 is 1.47 bits per heavy atom. The van der Waals surface area contributed by atoms with Crippen LogP contribution in [-0.4, -0.2) is 110 Å². The van der Waals surface area contributed by atoms with E-state index < -0.39 is 35.7 Å². The van der Waals surface area contributed by atoms with Crippen LogP contribution in [0.4, 0.5) is 10.6 Å². The van der Waals surface area contributed by atoms with Gasteiger partial charge in [-0.05, 0) is 185 Å². The molecule has 118 heavy (non-hydrogen) atoms. The van der Waals surface area contributed by atoms with Crippen molar-refractivity contribution in [3.63, 3.8) is 0 Å². The van der Waals surface area contributed by atoms with Crippen LogP contribution in [0, 0.1) is 12.8 Å². The van der Waals surface area contributed by atoms with Crippen LogP contribution in [0.25, 0.3) is 16.8 Å². The number of benzene rings is 8. The van der Waals surface area contributed by atoms with Crippen LogP contribution in [0.2, 0.25) is 15.5 Å². The number of aliphatic hydroxyl groups is 1. The molecule has 8 aromatic carbocycles. The molecular weight excluding hydrogens is 1550 g/mol. The van der Waals surface area contributed by atoms with Crippen molar-refractivity contribution in [3.05, 3.63) is 330 Å². The predicted octanol–water partition coefficient (Wildman–Crippen LogP) is 15.8. The molecular formula is C89H95Cl3LiN15O10. The van der Waals surface area contributed by atoms with Crippen molar-refractivity contribution in [2.24, 2.45) is 23.3 Å². The number of aldehydes is 1. The van der Waals surface area contributed by atoms with E-state index in [1.54, 1.807) is 94.1 Å². The van der Waals surface area contributed by atoms with Crippen molar-refractivity contribution >= 4 is 64.5 Å². The maximum Gasteiger partial charge on any atom is 1.00 e. The molecule has 2 aliphatic rings. The number of halogens is 3. The fraction of sp³-hybridized carbons (Fsp3) is 0.213. The maximum atomic E-state index is 11.7. The predicted molar refractivity (Wildman–Crippen MR) is 456 cm³/mol. The summed E-state index contributed by atoms with van der Waals surface area (Å²) in [5.41, 5.74) is 17.7. The Morgan fingerprint density at radius 1 is 0.602 bits per heavy atom. The summed E-state index contributed by atoms with van der Waals surface area (Å²) >= 11 is 17.3. The summed E-state index contributed by atoms with van der Waals surface area (Å²) in [6, 6.07) is 67.6. The normalized spacial score (nSPS) is 13.5. The minimum Gasteiger partial charge on any atom is -0.481 e. The number of unbranched alkanes of at least 4 members (excludes halogenated alkanes) is 1. The molecule has 7 heterocycles. The fourth-order valence-corrected chi connectivity index (χ4v) is 11.8. The quantitative estimate of drug-likeness (QED) is 0.0146. The second kappa shape index (κ2) is 50.0. The number of carbonyl (C=O) groups is 3. The van der Waals surface area contributed by atoms with Crippen LogP contribution in [0.3, 0.4) is 0 Å². The summed E-state index contributed by atoms with van der Waals surface area (Å²) < 4.78 is 30.2. The average molecular weight is 1650 g/mol. The number of carbonyl (C=O) groups excluding carboxylic acids is 2. The summed E-state index contributed by atoms with van der Waals surface area (Å²) in [7, 11) is 0. The number of imidazole rings is 1. The van der Waals surface area contributed by atoms with Gasteiger partial charge in [0, 0.05) is 86.3 Å². The first-order chi connectivity index (χ1) is 56.8. The van der Waals surface area contributed by atoms with Crippen LogP contribution < -0.4 is 66.3 Å². The van der Waals surface area contributed by atoms with Crippen LogP contribution in [-0.2, 0) is 9.53 Å². The Kier molecular flexibility index (Phi) is 39.6. The number of piperidine rings is 2. The number of hydrogen-bond donors (Lipinski definition) is 7. The second-order valence-electron chi connectivity index (χ2n) is 26.7. The van der Waals surface area contributed by atoms with Crippen molar-refractivity contribution in [3.8, 4) is 57.3 Å². The molecule has 0 bridgehead atoms. The first kappa shape index (κ1) is 93.5. The van der Waals surface area contributed by atoms with E-state index in [0.717, 1.165) is 113 Å². The number of nitrogen functional groups attached to an aromatic ring is 1. The molecule has 5 aromatic heterocycles. The number of para-hydroxylation sites is 4. The Labute approximate surface area is 714 Å². The number of nitrogens with one attached hydrogen (secondary N) is 1. The summed E-state index contributed by atoms with van der Waals surface area (Å²) in [5.74, 6) is 14.7. The third kappa shape index (κ3) is 30.7. The van der Waals surface area contributed by atoms with Gasteiger partial charge in [-0.25, -0.2) is 29.7 Å². The minimum atomic E-state index is -0.924. The van der Waals surface area contributed by atoms with Crippen molar-refractivity contribution in [2.45, 2.75) is 89.9 Å². The van der Waals surface area contributed by atoms with Gasteiger partial charge in [0.2, 0.25) is 0 Å². The van der Waals surface area contributed by atoms with E-state index in [9.17, 15) is 19.5 Å². The maximum absolute atomic E-state index is 11.7. The van der Waals surface area contributed by atoms with Crippen LogP contribution in [0.15, 0.2) is 274 Å². The van der Waals surface area contributed by atoms with Gasteiger partial charge in [-0.15, -0.1) is 0 Å². The number of carboxylic acids is 1. The van der Waals surface area contributed by atoms with E-state index >= 15 is 0 Å². The molecule has 2 aliphatic heterocycles. The van der Waals surface area contributed by atoms with Gasteiger partial charge in [0.25, 0.3) is 0 Å². The van der Waals surface area contributed by atoms with Crippen molar-refractivity contribution < 1.29 is 67.1 Å². The van der Waals surface area contributed by atoms with Crippen LogP contribution >= 0.6 is 34.8 Å². The number of rotatable bonds is 17. The van der Waals surface area contributed by atoms with Crippen molar-refractivity contribution in [2.75, 3.05) is 31.9 Å². The number of aliphatic hydroxyl groups excluding tert-OH is 1. The zero-order valence-corrected chi connectivity index (χ0v) is 68.5. The number of amides is 1. The van der Waals surface area contributed by atoms with Crippen molar-refractivity contribution in [1.82, 2.24) is 54.5 Å². The van der Waals surface area contributed by atoms with Gasteiger partial charge in [-0.2, -0.15) is 6.42 Å². The number of aromatic nitrogens is 9. The molecule has 4 unspecified atom stereocenters. The fourth-order valence-electron chi connectivity index (χ4n) is 11.2. The van der Waals surface area contributed by atoms with Gasteiger partial charge >= 0.3 is 30.9 Å². The third-order valence-electron chi connectivity index (χ3n) is 17.0. The third-order valence-corrected chi connectivity index (χ3v) is 17.8. The number of nitrogens with two attached hydrogens (primary N) is 4. The zero-order valence-electron chi connectivity index (χ0n) is 66.2. The summed E-state index contributed by atoms with van der Waals surface area (Å²) in [6.45, 7) is 13.9. The summed E-state index contributed by atoms with van der Waals surface area (Å²) in [5, 5.41) is 23.6. The molecule has 13 aromatic rings. The minimum absolute atomic E-state index is 0.